The van der Waals surface area contributed by atoms with Crippen LogP contribution >= 0.6 is 11.6 Å². The van der Waals surface area contributed by atoms with Gasteiger partial charge in [0.25, 0.3) is 0 Å². The number of halogens is 1. The van der Waals surface area contributed by atoms with Crippen molar-refractivity contribution in [3.8, 4) is 0 Å². The number of rotatable bonds is 6. The highest BCUT2D eigenvalue weighted by molar-refractivity contribution is 7.91. The molecule has 2 amide bonds. The molecule has 1 fully saturated rings. The summed E-state index contributed by atoms with van der Waals surface area (Å²) in [6.07, 6.45) is 5.09. The normalized spacial score (nSPS) is 15.9. The minimum Gasteiger partial charge on any atom is -0.468 e. The lowest BCUT2D eigenvalue weighted by Crippen LogP contribution is -2.45. The summed E-state index contributed by atoms with van der Waals surface area (Å²) in [6, 6.07) is 8.81. The van der Waals surface area contributed by atoms with Crippen molar-refractivity contribution in [1.29, 1.82) is 0 Å². The Labute approximate surface area is 168 Å². The number of benzene rings is 1. The van der Waals surface area contributed by atoms with Crippen LogP contribution in [-0.4, -0.2) is 32.8 Å². The summed E-state index contributed by atoms with van der Waals surface area (Å²) in [5.74, 6) is -1.45. The van der Waals surface area contributed by atoms with Gasteiger partial charge < -0.3 is 15.1 Å². The van der Waals surface area contributed by atoms with E-state index in [0.717, 1.165) is 25.7 Å². The van der Waals surface area contributed by atoms with Crippen molar-refractivity contribution in [2.45, 2.75) is 41.9 Å². The smallest absolute Gasteiger partial charge is 0.309 e. The van der Waals surface area contributed by atoms with Crippen molar-refractivity contribution < 1.29 is 22.4 Å². The third kappa shape index (κ3) is 4.74. The molecule has 0 aliphatic heterocycles. The van der Waals surface area contributed by atoms with Gasteiger partial charge in [-0.2, -0.15) is 0 Å². The molecule has 2 N–H and O–H groups in total. The van der Waals surface area contributed by atoms with Gasteiger partial charge in [0, 0.05) is 17.6 Å². The molecule has 0 saturated heterocycles. The van der Waals surface area contributed by atoms with Gasteiger partial charge in [0.05, 0.1) is 11.2 Å². The zero-order valence-corrected chi connectivity index (χ0v) is 16.6. The van der Waals surface area contributed by atoms with Crippen LogP contribution in [0.1, 0.15) is 36.7 Å². The Kier molecular flexibility index (Phi) is 6.41. The second-order valence-corrected chi connectivity index (χ2v) is 9.23. The van der Waals surface area contributed by atoms with Gasteiger partial charge in [-0.3, -0.25) is 9.59 Å². The van der Waals surface area contributed by atoms with E-state index < -0.39 is 26.9 Å². The van der Waals surface area contributed by atoms with Crippen LogP contribution in [0.15, 0.2) is 52.0 Å². The summed E-state index contributed by atoms with van der Waals surface area (Å²) in [5, 5.41) is 4.32. The molecule has 28 heavy (non-hydrogen) atoms. The number of furan rings is 1. The molecule has 1 heterocycles. The van der Waals surface area contributed by atoms with Crippen LogP contribution in [-0.2, 0) is 19.4 Å². The molecule has 2 aromatic rings. The first-order chi connectivity index (χ1) is 13.4. The lowest BCUT2D eigenvalue weighted by Gasteiger charge is -2.17. The Morgan fingerprint density at radius 3 is 2.39 bits per heavy atom. The highest BCUT2D eigenvalue weighted by atomic mass is 35.5. The van der Waals surface area contributed by atoms with E-state index in [0.29, 0.717) is 5.02 Å². The fraction of sp³-hybridized carbons (Fsp3) is 0.368. The molecule has 1 unspecified atom stereocenters. The molecule has 0 radical (unpaired) electrons. The average molecular weight is 425 g/mol. The minimum atomic E-state index is -3.88. The lowest BCUT2D eigenvalue weighted by atomic mass is 10.2. The van der Waals surface area contributed by atoms with Crippen LogP contribution in [0.4, 0.5) is 0 Å². The molecular formula is C19H21ClN2O5S. The molecule has 9 heteroatoms. The average Bonchev–Trinajstić information content (AvgIpc) is 3.36. The van der Waals surface area contributed by atoms with E-state index in [9.17, 15) is 18.0 Å². The largest absolute Gasteiger partial charge is 0.468 e. The van der Waals surface area contributed by atoms with Crippen LogP contribution in [0, 0.1) is 0 Å². The van der Waals surface area contributed by atoms with Crippen LogP contribution < -0.4 is 10.6 Å². The first-order valence-corrected chi connectivity index (χ1v) is 10.9. The van der Waals surface area contributed by atoms with Crippen molar-refractivity contribution in [3.63, 3.8) is 0 Å². The van der Waals surface area contributed by atoms with E-state index in [2.05, 4.69) is 10.6 Å². The molecular weight excluding hydrogens is 404 g/mol. The summed E-state index contributed by atoms with van der Waals surface area (Å²) in [7, 11) is -3.88. The molecule has 1 aliphatic carbocycles. The second-order valence-electron chi connectivity index (χ2n) is 6.67. The lowest BCUT2D eigenvalue weighted by molar-refractivity contribution is -0.139. The number of carbonyl (C=O) groups excluding carboxylic acids is 2. The summed E-state index contributed by atoms with van der Waals surface area (Å²) in [4.78, 5) is 24.2. The molecule has 1 aromatic heterocycles. The van der Waals surface area contributed by atoms with Crippen molar-refractivity contribution in [3.05, 3.63) is 53.4 Å². The fourth-order valence-electron chi connectivity index (χ4n) is 3.21. The zero-order valence-electron chi connectivity index (χ0n) is 15.1. The van der Waals surface area contributed by atoms with E-state index in [1.807, 2.05) is 0 Å². The molecule has 0 bridgehead atoms. The number of sulfone groups is 1. The summed E-state index contributed by atoms with van der Waals surface area (Å²) >= 11 is 5.83. The molecule has 150 valence electrons. The topological polar surface area (TPSA) is 105 Å². The summed E-state index contributed by atoms with van der Waals surface area (Å²) in [5.41, 5.74) is 0. The Morgan fingerprint density at radius 1 is 1.11 bits per heavy atom. The standard InChI is InChI=1S/C19H21ClN2O5S/c20-13-7-9-15(10-8-13)28(25,26)17(16-6-3-11-27-16)12-21-18(23)19(24)22-14-4-1-2-5-14/h3,6-11,14,17H,1-2,4-5,12H2,(H,21,23)(H,22,24). The second kappa shape index (κ2) is 8.79. The Hall–Kier alpha value is -2.32. The van der Waals surface area contributed by atoms with Crippen molar-refractivity contribution in [2.24, 2.45) is 0 Å². The predicted molar refractivity (Wildman–Crippen MR) is 103 cm³/mol. The maximum Gasteiger partial charge on any atom is 0.309 e. The van der Waals surface area contributed by atoms with Gasteiger partial charge in [-0.05, 0) is 49.2 Å². The molecule has 1 atom stereocenters. The van der Waals surface area contributed by atoms with Gasteiger partial charge >= 0.3 is 11.8 Å². The maximum atomic E-state index is 13.0. The molecule has 0 spiro atoms. The van der Waals surface area contributed by atoms with Crippen molar-refractivity contribution >= 4 is 33.3 Å². The Bertz CT molecular complexity index is 920. The molecule has 1 saturated carbocycles. The van der Waals surface area contributed by atoms with Crippen LogP contribution in [0.2, 0.25) is 5.02 Å². The summed E-state index contributed by atoms with van der Waals surface area (Å²) < 4.78 is 31.4. The molecule has 1 aliphatic rings. The predicted octanol–water partition coefficient (Wildman–Crippen LogP) is 2.62. The number of hydrogen-bond donors (Lipinski definition) is 2. The number of nitrogens with one attached hydrogen (secondary N) is 2. The van der Waals surface area contributed by atoms with Gasteiger partial charge in [0.15, 0.2) is 9.84 Å². The van der Waals surface area contributed by atoms with E-state index in [1.54, 1.807) is 6.07 Å². The molecule has 1 aromatic carbocycles. The Balaban J connectivity index is 1.73. The van der Waals surface area contributed by atoms with Gasteiger partial charge in [-0.25, -0.2) is 8.42 Å². The zero-order chi connectivity index (χ0) is 20.1. The highest BCUT2D eigenvalue weighted by Crippen LogP contribution is 2.29. The maximum absolute atomic E-state index is 13.0. The first-order valence-electron chi connectivity index (χ1n) is 8.99. The minimum absolute atomic E-state index is 0.00285. The van der Waals surface area contributed by atoms with E-state index >= 15 is 0 Å². The monoisotopic (exact) mass is 424 g/mol. The third-order valence-electron chi connectivity index (χ3n) is 4.72. The SMILES string of the molecule is O=C(NCC(c1ccco1)S(=O)(=O)c1ccc(Cl)cc1)C(=O)NC1CCCC1. The Morgan fingerprint density at radius 2 is 1.79 bits per heavy atom. The quantitative estimate of drug-likeness (QED) is 0.693. The number of carbonyl (C=O) groups is 2. The third-order valence-corrected chi connectivity index (χ3v) is 7.05. The van der Waals surface area contributed by atoms with Gasteiger partial charge in [0.1, 0.15) is 11.0 Å². The van der Waals surface area contributed by atoms with Crippen LogP contribution in [0.5, 0.6) is 0 Å². The van der Waals surface area contributed by atoms with Crippen LogP contribution in [0.3, 0.4) is 0 Å². The molecule has 7 nitrogen and oxygen atoms in total. The van der Waals surface area contributed by atoms with Gasteiger partial charge in [-0.1, -0.05) is 24.4 Å². The van der Waals surface area contributed by atoms with E-state index in [1.165, 1.54) is 36.6 Å². The molecule has 3 rings (SSSR count). The first kappa shape index (κ1) is 20.4. The van der Waals surface area contributed by atoms with Crippen LogP contribution in [0.25, 0.3) is 0 Å². The summed E-state index contributed by atoms with van der Waals surface area (Å²) in [6.45, 7) is -0.296. The van der Waals surface area contributed by atoms with E-state index in [-0.39, 0.29) is 23.2 Å². The number of hydrogen-bond acceptors (Lipinski definition) is 5. The van der Waals surface area contributed by atoms with E-state index in [4.69, 9.17) is 16.0 Å². The fourth-order valence-corrected chi connectivity index (χ4v) is 4.93. The highest BCUT2D eigenvalue weighted by Gasteiger charge is 2.32. The van der Waals surface area contributed by atoms with Crippen molar-refractivity contribution in [2.75, 3.05) is 6.54 Å². The van der Waals surface area contributed by atoms with Crippen molar-refractivity contribution in [1.82, 2.24) is 10.6 Å². The van der Waals surface area contributed by atoms with Gasteiger partial charge in [-0.15, -0.1) is 0 Å². The number of amides is 2. The van der Waals surface area contributed by atoms with Gasteiger partial charge in [0.2, 0.25) is 0 Å².